The predicted molar refractivity (Wildman–Crippen MR) is 92.5 cm³/mol. The molecule has 0 aliphatic carbocycles. The Kier molecular flexibility index (Phi) is 5.11. The van der Waals surface area contributed by atoms with Crippen LogP contribution in [0.25, 0.3) is 0 Å². The van der Waals surface area contributed by atoms with Crippen LogP contribution in [0.15, 0.2) is 23.7 Å². The van der Waals surface area contributed by atoms with Crippen LogP contribution < -0.4 is 4.90 Å². The van der Waals surface area contributed by atoms with E-state index in [2.05, 4.69) is 14.9 Å². The van der Waals surface area contributed by atoms with Gasteiger partial charge in [-0.3, -0.25) is 0 Å². The summed E-state index contributed by atoms with van der Waals surface area (Å²) in [6.45, 7) is 7.51. The van der Waals surface area contributed by atoms with Crippen molar-refractivity contribution in [2.75, 3.05) is 24.6 Å². The molecule has 1 saturated heterocycles. The molecule has 0 saturated carbocycles. The molecular formula is C17H21N3O3S. The molecule has 0 unspecified atom stereocenters. The number of carbonyl (C=O) groups is 1. The Balaban J connectivity index is 1.82. The number of hydrogen-bond donors (Lipinski definition) is 0. The summed E-state index contributed by atoms with van der Waals surface area (Å²) in [5, 5.41) is 2.98. The lowest BCUT2D eigenvalue weighted by Crippen LogP contribution is -2.39. The van der Waals surface area contributed by atoms with Crippen LogP contribution in [0.1, 0.15) is 41.0 Å². The highest BCUT2D eigenvalue weighted by molar-refractivity contribution is 7.09. The number of rotatable bonds is 4. The normalized spacial score (nSPS) is 18.0. The molecule has 1 fully saturated rings. The largest absolute Gasteiger partial charge is 0.459 e. The minimum atomic E-state index is -0.346. The summed E-state index contributed by atoms with van der Waals surface area (Å²) < 4.78 is 11.2. The van der Waals surface area contributed by atoms with Crippen molar-refractivity contribution in [2.45, 2.75) is 33.0 Å². The van der Waals surface area contributed by atoms with Crippen molar-refractivity contribution in [3.63, 3.8) is 0 Å². The highest BCUT2D eigenvalue weighted by Crippen LogP contribution is 2.29. The fourth-order valence-corrected chi connectivity index (χ4v) is 3.43. The van der Waals surface area contributed by atoms with Crippen LogP contribution in [0.3, 0.4) is 0 Å². The van der Waals surface area contributed by atoms with Gasteiger partial charge in [0.05, 0.1) is 19.3 Å². The molecule has 1 aliphatic heterocycles. The van der Waals surface area contributed by atoms with Gasteiger partial charge in [-0.25, -0.2) is 14.8 Å². The molecule has 6 nitrogen and oxygen atoms in total. The van der Waals surface area contributed by atoms with Crippen LogP contribution >= 0.6 is 11.3 Å². The minimum absolute atomic E-state index is 0.103. The van der Waals surface area contributed by atoms with Crippen LogP contribution in [0.2, 0.25) is 0 Å². The fourth-order valence-electron chi connectivity index (χ4n) is 2.60. The maximum Gasteiger partial charge on any atom is 0.342 e. The molecule has 0 bridgehead atoms. The molecule has 1 aliphatic rings. The van der Waals surface area contributed by atoms with Gasteiger partial charge in [0.15, 0.2) is 0 Å². The van der Waals surface area contributed by atoms with Crippen LogP contribution in [-0.4, -0.2) is 41.7 Å². The number of aryl methyl sites for hydroxylation is 1. The zero-order valence-corrected chi connectivity index (χ0v) is 14.9. The lowest BCUT2D eigenvalue weighted by Gasteiger charge is -2.33. The van der Waals surface area contributed by atoms with Gasteiger partial charge in [-0.1, -0.05) is 0 Å². The third-order valence-corrected chi connectivity index (χ3v) is 4.68. The number of carbonyl (C=O) groups excluding carboxylic acids is 1. The summed E-state index contributed by atoms with van der Waals surface area (Å²) in [5.74, 6) is 0.297. The molecule has 2 aromatic heterocycles. The topological polar surface area (TPSA) is 64.6 Å². The Morgan fingerprint density at radius 2 is 2.33 bits per heavy atom. The molecule has 7 heteroatoms. The van der Waals surface area contributed by atoms with Gasteiger partial charge >= 0.3 is 5.97 Å². The van der Waals surface area contributed by atoms with Gasteiger partial charge in [0, 0.05) is 23.8 Å². The zero-order valence-electron chi connectivity index (χ0n) is 14.1. The van der Waals surface area contributed by atoms with E-state index < -0.39 is 0 Å². The van der Waals surface area contributed by atoms with E-state index in [0.29, 0.717) is 31.1 Å². The van der Waals surface area contributed by atoms with Crippen LogP contribution in [0.5, 0.6) is 0 Å². The number of nitrogens with zero attached hydrogens (tertiary/aromatic N) is 3. The molecule has 1 atom stereocenters. The minimum Gasteiger partial charge on any atom is -0.459 e. The Morgan fingerprint density at radius 3 is 3.04 bits per heavy atom. The maximum absolute atomic E-state index is 12.3. The lowest BCUT2D eigenvalue weighted by atomic mass is 10.2. The van der Waals surface area contributed by atoms with Crippen LogP contribution in [0, 0.1) is 6.92 Å². The molecule has 128 valence electrons. The van der Waals surface area contributed by atoms with Crippen molar-refractivity contribution >= 4 is 23.1 Å². The first-order valence-electron chi connectivity index (χ1n) is 7.99. The number of esters is 1. The monoisotopic (exact) mass is 347 g/mol. The van der Waals surface area contributed by atoms with E-state index >= 15 is 0 Å². The van der Waals surface area contributed by atoms with Crippen molar-refractivity contribution in [1.29, 1.82) is 0 Å². The fraction of sp³-hybridized carbons (Fsp3) is 0.471. The second-order valence-corrected chi connectivity index (χ2v) is 6.85. The van der Waals surface area contributed by atoms with Crippen LogP contribution in [-0.2, 0) is 9.47 Å². The van der Waals surface area contributed by atoms with Crippen molar-refractivity contribution in [3.8, 4) is 0 Å². The van der Waals surface area contributed by atoms with Gasteiger partial charge in [-0.2, -0.15) is 0 Å². The number of hydrogen-bond acceptors (Lipinski definition) is 7. The van der Waals surface area contributed by atoms with Gasteiger partial charge in [0.1, 0.15) is 22.5 Å². The van der Waals surface area contributed by atoms with E-state index in [1.165, 1.54) is 0 Å². The Morgan fingerprint density at radius 1 is 1.50 bits per heavy atom. The van der Waals surface area contributed by atoms with Gasteiger partial charge < -0.3 is 14.4 Å². The van der Waals surface area contributed by atoms with Gasteiger partial charge in [0.2, 0.25) is 0 Å². The Labute approximate surface area is 145 Å². The smallest absolute Gasteiger partial charge is 0.342 e. The van der Waals surface area contributed by atoms with E-state index in [4.69, 9.17) is 9.47 Å². The van der Waals surface area contributed by atoms with Crippen molar-refractivity contribution in [2.24, 2.45) is 0 Å². The van der Waals surface area contributed by atoms with E-state index in [1.807, 2.05) is 26.2 Å². The van der Waals surface area contributed by atoms with E-state index in [0.717, 1.165) is 10.7 Å². The quantitative estimate of drug-likeness (QED) is 0.792. The molecule has 3 heterocycles. The highest BCUT2D eigenvalue weighted by atomic mass is 32.1. The van der Waals surface area contributed by atoms with Crippen molar-refractivity contribution < 1.29 is 14.3 Å². The second kappa shape index (κ2) is 7.27. The number of anilines is 1. The van der Waals surface area contributed by atoms with E-state index in [-0.39, 0.29) is 18.2 Å². The third kappa shape index (κ3) is 3.73. The standard InChI is InChI=1S/C17H21N3O3S/c1-11(2)23-17(21)13-5-4-6-18-15(13)20-7-8-22-14(9-20)16-19-12(3)10-24-16/h4-6,10-11,14H,7-9H2,1-3H3/t14-/m1/s1. The van der Waals surface area contributed by atoms with Gasteiger partial charge in [0.25, 0.3) is 0 Å². The summed E-state index contributed by atoms with van der Waals surface area (Å²) >= 11 is 1.60. The van der Waals surface area contributed by atoms with Gasteiger partial charge in [-0.05, 0) is 32.9 Å². The highest BCUT2D eigenvalue weighted by Gasteiger charge is 2.28. The number of ether oxygens (including phenoxy) is 2. The summed E-state index contributed by atoms with van der Waals surface area (Å²) in [5.41, 5.74) is 1.48. The average Bonchev–Trinajstić information content (AvgIpc) is 3.01. The second-order valence-electron chi connectivity index (χ2n) is 5.96. The molecule has 0 radical (unpaired) electrons. The van der Waals surface area contributed by atoms with E-state index in [1.54, 1.807) is 29.7 Å². The van der Waals surface area contributed by atoms with Crippen LogP contribution in [0.4, 0.5) is 5.82 Å². The predicted octanol–water partition coefficient (Wildman–Crippen LogP) is 2.99. The lowest BCUT2D eigenvalue weighted by molar-refractivity contribution is 0.0356. The number of thiazole rings is 1. The Hall–Kier alpha value is -1.99. The molecule has 2 aromatic rings. The summed E-state index contributed by atoms with van der Waals surface area (Å²) in [4.78, 5) is 23.3. The maximum atomic E-state index is 12.3. The SMILES string of the molecule is Cc1csc([C@H]2CN(c3ncccc3C(=O)OC(C)C)CCO2)n1. The first-order chi connectivity index (χ1) is 11.5. The number of pyridine rings is 1. The number of morpholine rings is 1. The molecular weight excluding hydrogens is 326 g/mol. The first kappa shape index (κ1) is 16.9. The van der Waals surface area contributed by atoms with E-state index in [9.17, 15) is 4.79 Å². The summed E-state index contributed by atoms with van der Waals surface area (Å²) in [7, 11) is 0. The van der Waals surface area contributed by atoms with Crippen molar-refractivity contribution in [3.05, 3.63) is 40.0 Å². The Bertz CT molecular complexity index is 717. The summed E-state index contributed by atoms with van der Waals surface area (Å²) in [6.07, 6.45) is 1.43. The molecule has 0 aromatic carbocycles. The zero-order chi connectivity index (χ0) is 17.1. The van der Waals surface area contributed by atoms with Gasteiger partial charge in [-0.15, -0.1) is 11.3 Å². The average molecular weight is 347 g/mol. The summed E-state index contributed by atoms with van der Waals surface area (Å²) in [6, 6.07) is 3.51. The molecule has 0 amide bonds. The molecule has 3 rings (SSSR count). The molecule has 0 spiro atoms. The van der Waals surface area contributed by atoms with Crippen molar-refractivity contribution in [1.82, 2.24) is 9.97 Å². The molecule has 0 N–H and O–H groups in total. The number of aromatic nitrogens is 2. The third-order valence-electron chi connectivity index (χ3n) is 3.63. The first-order valence-corrected chi connectivity index (χ1v) is 8.87. The molecule has 24 heavy (non-hydrogen) atoms.